The van der Waals surface area contributed by atoms with Crippen molar-refractivity contribution >= 4 is 29.5 Å². The van der Waals surface area contributed by atoms with Crippen LogP contribution in [0.1, 0.15) is 43.0 Å². The van der Waals surface area contributed by atoms with Crippen molar-refractivity contribution in [2.24, 2.45) is 0 Å². The number of piperazine rings is 1. The van der Waals surface area contributed by atoms with E-state index in [-0.39, 0.29) is 30.7 Å². The second-order valence-corrected chi connectivity index (χ2v) is 8.10. The fraction of sp³-hybridized carbons (Fsp3) is 0.565. The van der Waals surface area contributed by atoms with E-state index in [0.717, 1.165) is 12.8 Å². The summed E-state index contributed by atoms with van der Waals surface area (Å²) >= 11 is 0. The van der Waals surface area contributed by atoms with Crippen LogP contribution in [-0.2, 0) is 14.3 Å². The number of anilines is 1. The maximum absolute atomic E-state index is 13.1. The molecule has 0 spiro atoms. The third-order valence-corrected chi connectivity index (χ3v) is 5.82. The first-order valence-corrected chi connectivity index (χ1v) is 11.4. The number of nitrogens with one attached hydrogen (secondary N) is 1. The van der Waals surface area contributed by atoms with Gasteiger partial charge in [-0.05, 0) is 24.6 Å². The second kappa shape index (κ2) is 11.6. The lowest BCUT2D eigenvalue weighted by atomic mass is 10.1. The van der Waals surface area contributed by atoms with E-state index in [9.17, 15) is 19.2 Å². The van der Waals surface area contributed by atoms with Crippen molar-refractivity contribution in [2.75, 3.05) is 57.9 Å². The van der Waals surface area contributed by atoms with Crippen LogP contribution < -0.4 is 15.0 Å². The number of methoxy groups -OCH3 is 1. The highest BCUT2D eigenvalue weighted by molar-refractivity contribution is 6.07. The van der Waals surface area contributed by atoms with Gasteiger partial charge < -0.3 is 14.4 Å². The molecule has 0 saturated carbocycles. The average molecular weight is 461 g/mol. The molecule has 4 amide bonds. The third kappa shape index (κ3) is 6.44. The molecule has 1 aromatic rings. The molecular formula is C23H32N4O6. The van der Waals surface area contributed by atoms with Gasteiger partial charge >= 0.3 is 12.0 Å². The SMILES string of the molecule is CCCCOC(=O)CCN1CCN(C(=O)c2ccc(OC)c(N3CCC(=O)NC3=O)c2)CC1. The number of carbonyl (C=O) groups is 4. The molecule has 2 aliphatic rings. The molecule has 2 saturated heterocycles. The van der Waals surface area contributed by atoms with E-state index in [4.69, 9.17) is 9.47 Å². The van der Waals surface area contributed by atoms with E-state index in [0.29, 0.717) is 62.8 Å². The van der Waals surface area contributed by atoms with Crippen LogP contribution in [0.3, 0.4) is 0 Å². The van der Waals surface area contributed by atoms with Gasteiger partial charge in [0, 0.05) is 51.3 Å². The first-order valence-electron chi connectivity index (χ1n) is 11.4. The van der Waals surface area contributed by atoms with Crippen molar-refractivity contribution in [3.63, 3.8) is 0 Å². The number of imide groups is 1. The summed E-state index contributed by atoms with van der Waals surface area (Å²) in [6.45, 7) is 5.79. The Balaban J connectivity index is 1.57. The molecule has 10 nitrogen and oxygen atoms in total. The lowest BCUT2D eigenvalue weighted by Crippen LogP contribution is -2.50. The molecular weight excluding hydrogens is 428 g/mol. The van der Waals surface area contributed by atoms with Crippen LogP contribution in [0.2, 0.25) is 0 Å². The van der Waals surface area contributed by atoms with E-state index in [1.54, 1.807) is 23.1 Å². The normalized spacial score (nSPS) is 17.0. The summed E-state index contributed by atoms with van der Waals surface area (Å²) in [7, 11) is 1.49. The zero-order valence-corrected chi connectivity index (χ0v) is 19.3. The van der Waals surface area contributed by atoms with Gasteiger partial charge in [0.05, 0.1) is 25.8 Å². The minimum atomic E-state index is -0.531. The molecule has 0 aromatic heterocycles. The third-order valence-electron chi connectivity index (χ3n) is 5.82. The van der Waals surface area contributed by atoms with Crippen molar-refractivity contribution < 1.29 is 28.7 Å². The molecule has 10 heteroatoms. The number of esters is 1. The molecule has 180 valence electrons. The summed E-state index contributed by atoms with van der Waals surface area (Å²) in [6.07, 6.45) is 2.39. The Morgan fingerprint density at radius 3 is 2.52 bits per heavy atom. The number of carbonyl (C=O) groups excluding carboxylic acids is 4. The van der Waals surface area contributed by atoms with E-state index in [2.05, 4.69) is 10.2 Å². The number of unbranched alkanes of at least 4 members (excludes halogenated alkanes) is 1. The van der Waals surface area contributed by atoms with Crippen molar-refractivity contribution in [3.8, 4) is 5.75 Å². The fourth-order valence-corrected chi connectivity index (χ4v) is 3.84. The topological polar surface area (TPSA) is 108 Å². The number of amides is 4. The Morgan fingerprint density at radius 2 is 1.85 bits per heavy atom. The molecule has 33 heavy (non-hydrogen) atoms. The monoisotopic (exact) mass is 460 g/mol. The molecule has 1 aromatic carbocycles. The Kier molecular flexibility index (Phi) is 8.65. The summed E-state index contributed by atoms with van der Waals surface area (Å²) in [5.41, 5.74) is 0.900. The van der Waals surface area contributed by atoms with Crippen LogP contribution in [0.5, 0.6) is 5.75 Å². The number of benzene rings is 1. The highest BCUT2D eigenvalue weighted by atomic mass is 16.5. The molecule has 0 bridgehead atoms. The molecule has 2 fully saturated rings. The summed E-state index contributed by atoms with van der Waals surface area (Å²) in [4.78, 5) is 54.0. The Hall–Kier alpha value is -3.14. The number of hydrogen-bond acceptors (Lipinski definition) is 7. The summed E-state index contributed by atoms with van der Waals surface area (Å²) in [5, 5.41) is 2.29. The molecule has 0 atom stereocenters. The van der Waals surface area contributed by atoms with Gasteiger partial charge in [-0.15, -0.1) is 0 Å². The minimum Gasteiger partial charge on any atom is -0.495 e. The number of ether oxygens (including phenoxy) is 2. The predicted molar refractivity (Wildman–Crippen MR) is 121 cm³/mol. The minimum absolute atomic E-state index is 0.133. The van der Waals surface area contributed by atoms with Crippen LogP contribution in [0.4, 0.5) is 10.5 Å². The standard InChI is InChI=1S/C23H32N4O6/c1-3-4-15-33-21(29)8-9-25-11-13-26(14-12-25)22(30)17-5-6-19(32-2)18(16-17)27-10-7-20(28)24-23(27)31/h5-6,16H,3-4,7-15H2,1-2H3,(H,24,28,31). The Bertz CT molecular complexity index is 882. The summed E-state index contributed by atoms with van der Waals surface area (Å²) in [5.74, 6) is -0.191. The largest absolute Gasteiger partial charge is 0.495 e. The van der Waals surface area contributed by atoms with Crippen LogP contribution in [0.25, 0.3) is 0 Å². The molecule has 0 aliphatic carbocycles. The van der Waals surface area contributed by atoms with Crippen molar-refractivity contribution in [1.82, 2.24) is 15.1 Å². The quantitative estimate of drug-likeness (QED) is 0.441. The summed E-state index contributed by atoms with van der Waals surface area (Å²) < 4.78 is 10.6. The zero-order chi connectivity index (χ0) is 23.8. The van der Waals surface area contributed by atoms with Gasteiger partial charge in [-0.25, -0.2) is 4.79 Å². The molecule has 0 radical (unpaired) electrons. The van der Waals surface area contributed by atoms with Gasteiger partial charge in [0.15, 0.2) is 0 Å². The van der Waals surface area contributed by atoms with Crippen LogP contribution in [0.15, 0.2) is 18.2 Å². The zero-order valence-electron chi connectivity index (χ0n) is 19.3. The molecule has 0 unspecified atom stereocenters. The van der Waals surface area contributed by atoms with E-state index >= 15 is 0 Å². The van der Waals surface area contributed by atoms with Gasteiger partial charge in [-0.2, -0.15) is 0 Å². The molecule has 2 heterocycles. The maximum Gasteiger partial charge on any atom is 0.328 e. The number of rotatable bonds is 9. The van der Waals surface area contributed by atoms with Crippen LogP contribution in [0, 0.1) is 0 Å². The number of urea groups is 1. The molecule has 2 aliphatic heterocycles. The van der Waals surface area contributed by atoms with Crippen LogP contribution in [-0.4, -0.2) is 86.6 Å². The van der Waals surface area contributed by atoms with Gasteiger partial charge in [-0.1, -0.05) is 13.3 Å². The van der Waals surface area contributed by atoms with Gasteiger partial charge in [0.2, 0.25) is 5.91 Å². The lowest BCUT2D eigenvalue weighted by molar-refractivity contribution is -0.144. The number of nitrogens with zero attached hydrogens (tertiary/aromatic N) is 3. The highest BCUT2D eigenvalue weighted by Gasteiger charge is 2.28. The van der Waals surface area contributed by atoms with Gasteiger partial charge in [0.1, 0.15) is 5.75 Å². The van der Waals surface area contributed by atoms with Gasteiger partial charge in [-0.3, -0.25) is 29.5 Å². The number of hydrogen-bond donors (Lipinski definition) is 1. The lowest BCUT2D eigenvalue weighted by Gasteiger charge is -2.35. The predicted octanol–water partition coefficient (Wildman–Crippen LogP) is 1.63. The van der Waals surface area contributed by atoms with Crippen molar-refractivity contribution in [3.05, 3.63) is 23.8 Å². The van der Waals surface area contributed by atoms with E-state index in [1.165, 1.54) is 12.0 Å². The second-order valence-electron chi connectivity index (χ2n) is 8.10. The first kappa shape index (κ1) is 24.5. The van der Waals surface area contributed by atoms with E-state index in [1.807, 2.05) is 6.92 Å². The average Bonchev–Trinajstić information content (AvgIpc) is 2.82. The van der Waals surface area contributed by atoms with Crippen LogP contribution >= 0.6 is 0 Å². The van der Waals surface area contributed by atoms with Crippen molar-refractivity contribution in [1.29, 1.82) is 0 Å². The Labute approximate surface area is 193 Å². The summed E-state index contributed by atoms with van der Waals surface area (Å²) in [6, 6.07) is 4.44. The van der Waals surface area contributed by atoms with E-state index < -0.39 is 6.03 Å². The van der Waals surface area contributed by atoms with Crippen molar-refractivity contribution in [2.45, 2.75) is 32.6 Å². The maximum atomic E-state index is 13.1. The van der Waals surface area contributed by atoms with Gasteiger partial charge in [0.25, 0.3) is 5.91 Å². The first-order chi connectivity index (χ1) is 15.9. The molecule has 1 N–H and O–H groups in total. The molecule has 3 rings (SSSR count). The highest BCUT2D eigenvalue weighted by Crippen LogP contribution is 2.31. The fourth-order valence-electron chi connectivity index (χ4n) is 3.84. The smallest absolute Gasteiger partial charge is 0.328 e. The Morgan fingerprint density at radius 1 is 1.09 bits per heavy atom.